The molecule has 0 aromatic heterocycles. The van der Waals surface area contributed by atoms with E-state index in [2.05, 4.69) is 13.8 Å². The zero-order chi connectivity index (χ0) is 14.6. The molecule has 1 aromatic rings. The molecule has 0 aliphatic carbocycles. The SMILES string of the molecule is CCN(CC(C)C)c1ccc([C@H](C)O)cc1[N+](=O)[O-]. The van der Waals surface area contributed by atoms with E-state index in [9.17, 15) is 15.2 Å². The monoisotopic (exact) mass is 266 g/mol. The first kappa shape index (κ1) is 15.4. The first-order valence-electron chi connectivity index (χ1n) is 6.58. The summed E-state index contributed by atoms with van der Waals surface area (Å²) in [6, 6.07) is 4.94. The van der Waals surface area contributed by atoms with Crippen LogP contribution in [0.5, 0.6) is 0 Å². The lowest BCUT2D eigenvalue weighted by Gasteiger charge is -2.25. The molecule has 0 amide bonds. The average molecular weight is 266 g/mol. The quantitative estimate of drug-likeness (QED) is 0.634. The van der Waals surface area contributed by atoms with E-state index in [0.29, 0.717) is 23.7 Å². The number of aliphatic hydroxyl groups is 1. The van der Waals surface area contributed by atoms with Crippen LogP contribution in [0.3, 0.4) is 0 Å². The van der Waals surface area contributed by atoms with E-state index in [1.54, 1.807) is 19.1 Å². The molecule has 0 bridgehead atoms. The van der Waals surface area contributed by atoms with Gasteiger partial charge in [-0.25, -0.2) is 0 Å². The van der Waals surface area contributed by atoms with Crippen molar-refractivity contribution in [3.8, 4) is 0 Å². The second kappa shape index (κ2) is 6.52. The van der Waals surface area contributed by atoms with Crippen molar-refractivity contribution in [1.82, 2.24) is 0 Å². The third-order valence-corrected chi connectivity index (χ3v) is 2.99. The summed E-state index contributed by atoms with van der Waals surface area (Å²) >= 11 is 0. The van der Waals surface area contributed by atoms with Crippen LogP contribution in [0.4, 0.5) is 11.4 Å². The van der Waals surface area contributed by atoms with Crippen molar-refractivity contribution in [3.05, 3.63) is 33.9 Å². The molecule has 1 rings (SSSR count). The van der Waals surface area contributed by atoms with E-state index in [1.807, 2.05) is 11.8 Å². The predicted octanol–water partition coefficient (Wildman–Crippen LogP) is 3.13. The molecule has 1 atom stereocenters. The van der Waals surface area contributed by atoms with Crippen LogP contribution in [0.1, 0.15) is 39.4 Å². The predicted molar refractivity (Wildman–Crippen MR) is 76.5 cm³/mol. The minimum atomic E-state index is -0.701. The molecule has 0 aliphatic heterocycles. The molecule has 0 radical (unpaired) electrons. The highest BCUT2D eigenvalue weighted by molar-refractivity contribution is 5.64. The second-order valence-electron chi connectivity index (χ2n) is 5.11. The summed E-state index contributed by atoms with van der Waals surface area (Å²) in [5, 5.41) is 20.7. The number of aliphatic hydroxyl groups excluding tert-OH is 1. The molecule has 0 unspecified atom stereocenters. The maximum Gasteiger partial charge on any atom is 0.292 e. The van der Waals surface area contributed by atoms with Gasteiger partial charge in [0.25, 0.3) is 5.69 Å². The largest absolute Gasteiger partial charge is 0.389 e. The zero-order valence-corrected chi connectivity index (χ0v) is 12.0. The number of nitro groups is 1. The number of benzene rings is 1. The molecule has 0 fully saturated rings. The number of rotatable bonds is 6. The maximum absolute atomic E-state index is 11.2. The first-order valence-corrected chi connectivity index (χ1v) is 6.58. The Morgan fingerprint density at radius 2 is 2.00 bits per heavy atom. The molecule has 0 saturated carbocycles. The van der Waals surface area contributed by atoms with Gasteiger partial charge in [-0.3, -0.25) is 10.1 Å². The van der Waals surface area contributed by atoms with E-state index in [0.717, 1.165) is 6.54 Å². The van der Waals surface area contributed by atoms with Crippen LogP contribution in [-0.4, -0.2) is 23.1 Å². The summed E-state index contributed by atoms with van der Waals surface area (Å²) in [5.74, 6) is 0.427. The van der Waals surface area contributed by atoms with Gasteiger partial charge in [0.2, 0.25) is 0 Å². The molecule has 5 nitrogen and oxygen atoms in total. The molecule has 19 heavy (non-hydrogen) atoms. The third-order valence-electron chi connectivity index (χ3n) is 2.99. The minimum Gasteiger partial charge on any atom is -0.389 e. The molecular formula is C14H22N2O3. The van der Waals surface area contributed by atoms with Crippen molar-refractivity contribution in [2.75, 3.05) is 18.0 Å². The Kier molecular flexibility index (Phi) is 5.30. The Morgan fingerprint density at radius 3 is 2.42 bits per heavy atom. The van der Waals surface area contributed by atoms with Gasteiger partial charge in [0, 0.05) is 19.2 Å². The number of nitro benzene ring substituents is 1. The van der Waals surface area contributed by atoms with E-state index < -0.39 is 6.10 Å². The number of nitrogens with zero attached hydrogens (tertiary/aromatic N) is 2. The van der Waals surface area contributed by atoms with Gasteiger partial charge in [-0.15, -0.1) is 0 Å². The van der Waals surface area contributed by atoms with Crippen LogP contribution < -0.4 is 4.90 Å². The Balaban J connectivity index is 3.21. The summed E-state index contributed by atoms with van der Waals surface area (Å²) < 4.78 is 0. The fourth-order valence-electron chi connectivity index (χ4n) is 2.05. The van der Waals surface area contributed by atoms with Crippen LogP contribution in [-0.2, 0) is 0 Å². The summed E-state index contributed by atoms with van der Waals surface area (Å²) in [5.41, 5.74) is 1.24. The highest BCUT2D eigenvalue weighted by Crippen LogP contribution is 2.31. The average Bonchev–Trinajstić information content (AvgIpc) is 2.34. The molecule has 0 heterocycles. The molecule has 0 spiro atoms. The summed E-state index contributed by atoms with van der Waals surface area (Å²) in [7, 11) is 0. The fourth-order valence-corrected chi connectivity index (χ4v) is 2.05. The number of hydrogen-bond donors (Lipinski definition) is 1. The highest BCUT2D eigenvalue weighted by atomic mass is 16.6. The number of hydrogen-bond acceptors (Lipinski definition) is 4. The Hall–Kier alpha value is -1.62. The van der Waals surface area contributed by atoms with E-state index >= 15 is 0 Å². The molecular weight excluding hydrogens is 244 g/mol. The van der Waals surface area contributed by atoms with Crippen molar-refractivity contribution < 1.29 is 10.0 Å². The van der Waals surface area contributed by atoms with Crippen LogP contribution in [0, 0.1) is 16.0 Å². The number of anilines is 1. The Bertz CT molecular complexity index is 444. The van der Waals surface area contributed by atoms with Gasteiger partial charge in [-0.2, -0.15) is 0 Å². The molecule has 0 aliphatic rings. The molecule has 106 valence electrons. The summed E-state index contributed by atoms with van der Waals surface area (Å²) in [6.07, 6.45) is -0.701. The first-order chi connectivity index (χ1) is 8.86. The van der Waals surface area contributed by atoms with Crippen molar-refractivity contribution in [2.45, 2.75) is 33.8 Å². The molecule has 0 saturated heterocycles. The second-order valence-corrected chi connectivity index (χ2v) is 5.11. The van der Waals surface area contributed by atoms with E-state index in [-0.39, 0.29) is 10.6 Å². The lowest BCUT2D eigenvalue weighted by molar-refractivity contribution is -0.384. The standard InChI is InChI=1S/C14H22N2O3/c1-5-15(9-10(2)3)13-7-6-12(11(4)17)8-14(13)16(18)19/h6-8,10-11,17H,5,9H2,1-4H3/t11-/m0/s1. The van der Waals surface area contributed by atoms with Crippen molar-refractivity contribution >= 4 is 11.4 Å². The summed E-state index contributed by atoms with van der Waals surface area (Å²) in [6.45, 7) is 9.23. The minimum absolute atomic E-state index is 0.0564. The lowest BCUT2D eigenvalue weighted by Crippen LogP contribution is -2.27. The van der Waals surface area contributed by atoms with Gasteiger partial charge in [0.1, 0.15) is 5.69 Å². The van der Waals surface area contributed by atoms with Gasteiger partial charge < -0.3 is 10.0 Å². The smallest absolute Gasteiger partial charge is 0.292 e. The van der Waals surface area contributed by atoms with Gasteiger partial charge in [0.15, 0.2) is 0 Å². The van der Waals surface area contributed by atoms with Crippen molar-refractivity contribution in [2.24, 2.45) is 5.92 Å². The molecule has 1 N–H and O–H groups in total. The van der Waals surface area contributed by atoms with Gasteiger partial charge in [-0.1, -0.05) is 19.9 Å². The summed E-state index contributed by atoms with van der Waals surface area (Å²) in [4.78, 5) is 12.8. The molecule has 1 aromatic carbocycles. The highest BCUT2D eigenvalue weighted by Gasteiger charge is 2.20. The third kappa shape index (κ3) is 3.92. The van der Waals surface area contributed by atoms with E-state index in [4.69, 9.17) is 0 Å². The Labute approximate surface area is 114 Å². The normalized spacial score (nSPS) is 12.5. The van der Waals surface area contributed by atoms with Gasteiger partial charge in [0.05, 0.1) is 11.0 Å². The van der Waals surface area contributed by atoms with E-state index in [1.165, 1.54) is 6.07 Å². The topological polar surface area (TPSA) is 66.6 Å². The lowest BCUT2D eigenvalue weighted by atomic mass is 10.1. The van der Waals surface area contributed by atoms with Crippen molar-refractivity contribution in [1.29, 1.82) is 0 Å². The fraction of sp³-hybridized carbons (Fsp3) is 0.571. The van der Waals surface area contributed by atoms with Gasteiger partial charge in [-0.05, 0) is 31.4 Å². The Morgan fingerprint density at radius 1 is 1.37 bits per heavy atom. The van der Waals surface area contributed by atoms with Crippen molar-refractivity contribution in [3.63, 3.8) is 0 Å². The van der Waals surface area contributed by atoms with Gasteiger partial charge >= 0.3 is 0 Å². The van der Waals surface area contributed by atoms with Crippen LogP contribution in [0.25, 0.3) is 0 Å². The van der Waals surface area contributed by atoms with Crippen LogP contribution in [0.15, 0.2) is 18.2 Å². The van der Waals surface area contributed by atoms with Crippen LogP contribution in [0.2, 0.25) is 0 Å². The maximum atomic E-state index is 11.2. The zero-order valence-electron chi connectivity index (χ0n) is 12.0. The molecule has 5 heteroatoms. The van der Waals surface area contributed by atoms with Crippen LogP contribution >= 0.6 is 0 Å².